The SMILES string of the molecule is CCOC(=O)C1=C(CN2CCN(C(=O)c3ccccc3)C(C)C2)N(C)C(=O)NC1c1ccc(OC)c(OC)c1. The van der Waals surface area contributed by atoms with Gasteiger partial charge in [-0.25, -0.2) is 9.59 Å². The minimum absolute atomic E-state index is 0.00291. The lowest BCUT2D eigenvalue weighted by Crippen LogP contribution is -2.56. The summed E-state index contributed by atoms with van der Waals surface area (Å²) >= 11 is 0. The number of methoxy groups -OCH3 is 2. The highest BCUT2D eigenvalue weighted by Crippen LogP contribution is 2.36. The minimum Gasteiger partial charge on any atom is -0.493 e. The van der Waals surface area contributed by atoms with Gasteiger partial charge in [0.25, 0.3) is 5.91 Å². The highest BCUT2D eigenvalue weighted by atomic mass is 16.5. The molecule has 2 aromatic carbocycles. The Morgan fingerprint density at radius 1 is 1.03 bits per heavy atom. The number of carbonyl (C=O) groups excluding carboxylic acids is 3. The van der Waals surface area contributed by atoms with E-state index in [1.54, 1.807) is 39.3 Å². The molecule has 1 N–H and O–H groups in total. The van der Waals surface area contributed by atoms with Crippen molar-refractivity contribution in [2.24, 2.45) is 0 Å². The number of esters is 1. The van der Waals surface area contributed by atoms with Crippen LogP contribution < -0.4 is 14.8 Å². The number of nitrogens with one attached hydrogen (secondary N) is 1. The van der Waals surface area contributed by atoms with E-state index in [1.807, 2.05) is 42.2 Å². The number of likely N-dealkylation sites (N-methyl/N-ethyl adjacent to an activating group) is 1. The zero-order valence-electron chi connectivity index (χ0n) is 23.1. The first-order valence-corrected chi connectivity index (χ1v) is 13.0. The molecule has 3 amide bonds. The second-order valence-corrected chi connectivity index (χ2v) is 9.59. The summed E-state index contributed by atoms with van der Waals surface area (Å²) in [7, 11) is 4.73. The molecule has 4 rings (SSSR count). The highest BCUT2D eigenvalue weighted by molar-refractivity contribution is 5.95. The Balaban J connectivity index is 1.64. The molecule has 0 aromatic heterocycles. The molecule has 0 saturated carbocycles. The van der Waals surface area contributed by atoms with Gasteiger partial charge in [0, 0.05) is 50.5 Å². The molecular weight excluding hydrogens is 500 g/mol. The lowest BCUT2D eigenvalue weighted by molar-refractivity contribution is -0.139. The number of ether oxygens (including phenoxy) is 3. The Morgan fingerprint density at radius 3 is 2.38 bits per heavy atom. The average molecular weight is 537 g/mol. The summed E-state index contributed by atoms with van der Waals surface area (Å²) in [5, 5.41) is 2.94. The molecule has 0 aliphatic carbocycles. The molecule has 10 heteroatoms. The summed E-state index contributed by atoms with van der Waals surface area (Å²) in [5.41, 5.74) is 2.25. The van der Waals surface area contributed by atoms with Crippen molar-refractivity contribution in [2.45, 2.75) is 25.9 Å². The van der Waals surface area contributed by atoms with Gasteiger partial charge in [0.2, 0.25) is 0 Å². The van der Waals surface area contributed by atoms with Crippen molar-refractivity contribution in [3.63, 3.8) is 0 Å². The van der Waals surface area contributed by atoms with Crippen molar-refractivity contribution in [1.29, 1.82) is 0 Å². The van der Waals surface area contributed by atoms with Gasteiger partial charge in [-0.1, -0.05) is 24.3 Å². The number of carbonyl (C=O) groups is 3. The van der Waals surface area contributed by atoms with Gasteiger partial charge in [0.1, 0.15) is 0 Å². The van der Waals surface area contributed by atoms with Crippen LogP contribution in [0.5, 0.6) is 11.5 Å². The van der Waals surface area contributed by atoms with E-state index in [1.165, 1.54) is 12.0 Å². The molecule has 208 valence electrons. The maximum absolute atomic E-state index is 13.3. The fourth-order valence-electron chi connectivity index (χ4n) is 5.12. The van der Waals surface area contributed by atoms with E-state index in [2.05, 4.69) is 10.2 Å². The van der Waals surface area contributed by atoms with Gasteiger partial charge in [-0.2, -0.15) is 0 Å². The van der Waals surface area contributed by atoms with Crippen molar-refractivity contribution in [3.05, 3.63) is 70.9 Å². The van der Waals surface area contributed by atoms with Crippen LogP contribution in [0, 0.1) is 0 Å². The number of hydrogen-bond donors (Lipinski definition) is 1. The van der Waals surface area contributed by atoms with E-state index in [-0.39, 0.29) is 24.6 Å². The third-order valence-electron chi connectivity index (χ3n) is 7.18. The number of hydrogen-bond acceptors (Lipinski definition) is 7. The molecule has 10 nitrogen and oxygen atoms in total. The molecule has 2 aliphatic rings. The zero-order valence-corrected chi connectivity index (χ0v) is 23.1. The van der Waals surface area contributed by atoms with Crippen LogP contribution in [0.3, 0.4) is 0 Å². The molecule has 2 aliphatic heterocycles. The van der Waals surface area contributed by atoms with Gasteiger partial charge in [-0.15, -0.1) is 0 Å². The van der Waals surface area contributed by atoms with Crippen LogP contribution in [-0.2, 0) is 9.53 Å². The quantitative estimate of drug-likeness (QED) is 0.518. The van der Waals surface area contributed by atoms with Crippen LogP contribution in [0.25, 0.3) is 0 Å². The first-order chi connectivity index (χ1) is 18.8. The summed E-state index contributed by atoms with van der Waals surface area (Å²) in [6, 6.07) is 13.4. The Labute approximate surface area is 229 Å². The van der Waals surface area contributed by atoms with Gasteiger partial charge < -0.3 is 24.4 Å². The molecule has 1 fully saturated rings. The average Bonchev–Trinajstić information content (AvgIpc) is 2.95. The van der Waals surface area contributed by atoms with E-state index in [9.17, 15) is 14.4 Å². The van der Waals surface area contributed by atoms with E-state index in [0.717, 1.165) is 0 Å². The molecule has 0 bridgehead atoms. The van der Waals surface area contributed by atoms with Crippen molar-refractivity contribution < 1.29 is 28.6 Å². The first kappa shape index (κ1) is 28.0. The Bertz CT molecular complexity index is 1250. The van der Waals surface area contributed by atoms with E-state index < -0.39 is 12.0 Å². The molecule has 2 aromatic rings. The maximum atomic E-state index is 13.3. The standard InChI is InChI=1S/C29H36N4O6/c1-6-39-28(35)25-22(18-32-14-15-33(19(2)17-32)27(34)20-10-8-7-9-11-20)31(3)29(36)30-26(25)21-12-13-23(37-4)24(16-21)38-5/h7-13,16,19,26H,6,14-15,17-18H2,1-5H3,(H,30,36). The molecule has 0 spiro atoms. The number of rotatable bonds is 8. The fraction of sp³-hybridized carbons (Fsp3) is 0.414. The fourth-order valence-corrected chi connectivity index (χ4v) is 5.12. The molecule has 39 heavy (non-hydrogen) atoms. The largest absolute Gasteiger partial charge is 0.493 e. The molecule has 2 unspecified atom stereocenters. The Hall–Kier alpha value is -4.05. The second-order valence-electron chi connectivity index (χ2n) is 9.59. The van der Waals surface area contributed by atoms with Crippen molar-refractivity contribution >= 4 is 17.9 Å². The number of amides is 3. The lowest BCUT2D eigenvalue weighted by atomic mass is 9.93. The third-order valence-corrected chi connectivity index (χ3v) is 7.18. The Morgan fingerprint density at radius 2 is 1.74 bits per heavy atom. The number of benzene rings is 2. The van der Waals surface area contributed by atoms with Crippen LogP contribution in [0.4, 0.5) is 4.79 Å². The van der Waals surface area contributed by atoms with Crippen LogP contribution in [0.1, 0.15) is 35.8 Å². The van der Waals surface area contributed by atoms with Crippen molar-refractivity contribution in [2.75, 3.05) is 54.1 Å². The molecule has 2 atom stereocenters. The summed E-state index contributed by atoms with van der Waals surface area (Å²) in [4.78, 5) is 45.0. The number of piperazine rings is 1. The predicted molar refractivity (Wildman–Crippen MR) is 146 cm³/mol. The third kappa shape index (κ3) is 5.85. The van der Waals surface area contributed by atoms with Gasteiger partial charge in [-0.3, -0.25) is 14.6 Å². The normalized spacial score (nSPS) is 20.0. The summed E-state index contributed by atoms with van der Waals surface area (Å²) in [6.45, 7) is 6.03. The highest BCUT2D eigenvalue weighted by Gasteiger charge is 2.38. The summed E-state index contributed by atoms with van der Waals surface area (Å²) in [6.07, 6.45) is 0. The topological polar surface area (TPSA) is 101 Å². The van der Waals surface area contributed by atoms with Crippen molar-refractivity contribution in [3.8, 4) is 11.5 Å². The molecule has 2 heterocycles. The molecular formula is C29H36N4O6. The van der Waals surface area contributed by atoms with Crippen molar-refractivity contribution in [1.82, 2.24) is 20.0 Å². The van der Waals surface area contributed by atoms with Crippen LogP contribution in [0.2, 0.25) is 0 Å². The maximum Gasteiger partial charge on any atom is 0.338 e. The summed E-state index contributed by atoms with van der Waals surface area (Å²) < 4.78 is 16.3. The molecule has 1 saturated heterocycles. The predicted octanol–water partition coefficient (Wildman–Crippen LogP) is 3.06. The first-order valence-electron chi connectivity index (χ1n) is 13.0. The van der Waals surface area contributed by atoms with Crippen LogP contribution in [0.15, 0.2) is 59.8 Å². The number of nitrogens with zero attached hydrogens (tertiary/aromatic N) is 3. The minimum atomic E-state index is -0.735. The summed E-state index contributed by atoms with van der Waals surface area (Å²) in [5.74, 6) is 0.530. The van der Waals surface area contributed by atoms with Gasteiger partial charge in [0.15, 0.2) is 11.5 Å². The van der Waals surface area contributed by atoms with Crippen LogP contribution >= 0.6 is 0 Å². The van der Waals surface area contributed by atoms with Crippen LogP contribution in [-0.4, -0.2) is 92.7 Å². The van der Waals surface area contributed by atoms with Gasteiger partial charge >= 0.3 is 12.0 Å². The van der Waals surface area contributed by atoms with E-state index in [4.69, 9.17) is 14.2 Å². The Kier molecular flexibility index (Phi) is 8.75. The molecule has 0 radical (unpaired) electrons. The lowest BCUT2D eigenvalue weighted by Gasteiger charge is -2.42. The van der Waals surface area contributed by atoms with Gasteiger partial charge in [0.05, 0.1) is 32.4 Å². The number of urea groups is 1. The zero-order chi connectivity index (χ0) is 28.1. The van der Waals surface area contributed by atoms with E-state index in [0.29, 0.717) is 60.1 Å². The van der Waals surface area contributed by atoms with Gasteiger partial charge in [-0.05, 0) is 43.7 Å². The second kappa shape index (κ2) is 12.2. The van der Waals surface area contributed by atoms with E-state index >= 15 is 0 Å². The smallest absolute Gasteiger partial charge is 0.338 e. The monoisotopic (exact) mass is 536 g/mol.